The average molecular weight is 435 g/mol. The third-order valence-electron chi connectivity index (χ3n) is 5.26. The summed E-state index contributed by atoms with van der Waals surface area (Å²) in [5, 5.41) is 5.77. The van der Waals surface area contributed by atoms with E-state index in [4.69, 9.17) is 16.6 Å². The van der Waals surface area contributed by atoms with Gasteiger partial charge in [0.2, 0.25) is 5.95 Å². The zero-order valence-electron chi connectivity index (χ0n) is 16.1. The number of hydrazone groups is 1. The smallest absolute Gasteiger partial charge is 0.264 e. The third kappa shape index (κ3) is 3.64. The van der Waals surface area contributed by atoms with Gasteiger partial charge >= 0.3 is 0 Å². The summed E-state index contributed by atoms with van der Waals surface area (Å²) in [5.74, 6) is 0.446. The molecule has 150 valence electrons. The highest BCUT2D eigenvalue weighted by Gasteiger charge is 2.23. The van der Waals surface area contributed by atoms with Crippen LogP contribution in [0.25, 0.3) is 10.2 Å². The van der Waals surface area contributed by atoms with Crippen LogP contribution >= 0.6 is 22.9 Å². The van der Waals surface area contributed by atoms with Crippen LogP contribution < -0.4 is 11.0 Å². The molecular formula is C23H19ClN4OS. The van der Waals surface area contributed by atoms with Crippen molar-refractivity contribution in [3.8, 4) is 0 Å². The Labute approximate surface area is 182 Å². The molecule has 0 saturated heterocycles. The van der Waals surface area contributed by atoms with E-state index in [2.05, 4.69) is 10.5 Å². The quantitative estimate of drug-likeness (QED) is 0.351. The Hall–Kier alpha value is -2.96. The number of fused-ring (bicyclic) bond motifs is 3. The second kappa shape index (κ2) is 8.05. The third-order valence-corrected chi connectivity index (χ3v) is 6.69. The lowest BCUT2D eigenvalue weighted by Crippen LogP contribution is -2.24. The molecule has 1 aliphatic carbocycles. The molecule has 0 aliphatic heterocycles. The van der Waals surface area contributed by atoms with Crippen LogP contribution in [0.5, 0.6) is 0 Å². The van der Waals surface area contributed by atoms with Gasteiger partial charge in [-0.25, -0.2) is 10.4 Å². The van der Waals surface area contributed by atoms with E-state index in [1.165, 1.54) is 10.4 Å². The monoisotopic (exact) mass is 434 g/mol. The van der Waals surface area contributed by atoms with Crippen molar-refractivity contribution in [1.82, 2.24) is 9.55 Å². The van der Waals surface area contributed by atoms with E-state index in [0.717, 1.165) is 40.6 Å². The molecule has 2 aromatic heterocycles. The number of nitrogens with zero attached hydrogens (tertiary/aromatic N) is 3. The molecule has 0 atom stereocenters. The van der Waals surface area contributed by atoms with Crippen LogP contribution in [0.15, 0.2) is 64.5 Å². The predicted molar refractivity (Wildman–Crippen MR) is 124 cm³/mol. The van der Waals surface area contributed by atoms with E-state index < -0.39 is 0 Å². The minimum atomic E-state index is -0.00699. The molecular weight excluding hydrogens is 416 g/mol. The van der Waals surface area contributed by atoms with E-state index in [1.54, 1.807) is 22.1 Å². The maximum absolute atomic E-state index is 13.5. The summed E-state index contributed by atoms with van der Waals surface area (Å²) >= 11 is 7.57. The molecule has 0 saturated carbocycles. The van der Waals surface area contributed by atoms with Crippen LogP contribution in [0.4, 0.5) is 5.95 Å². The van der Waals surface area contributed by atoms with Crippen molar-refractivity contribution in [1.29, 1.82) is 0 Å². The fraction of sp³-hybridized carbons (Fsp3) is 0.174. The Morgan fingerprint density at radius 1 is 1.13 bits per heavy atom. The van der Waals surface area contributed by atoms with Crippen LogP contribution in [0.3, 0.4) is 0 Å². The van der Waals surface area contributed by atoms with Crippen molar-refractivity contribution >= 4 is 45.3 Å². The van der Waals surface area contributed by atoms with Crippen molar-refractivity contribution < 1.29 is 0 Å². The second-order valence-corrected chi connectivity index (χ2v) is 8.79. The fourth-order valence-electron chi connectivity index (χ4n) is 3.79. The van der Waals surface area contributed by atoms with Gasteiger partial charge in [-0.1, -0.05) is 54.1 Å². The van der Waals surface area contributed by atoms with Crippen molar-refractivity contribution in [2.45, 2.75) is 25.8 Å². The van der Waals surface area contributed by atoms with E-state index in [9.17, 15) is 4.79 Å². The predicted octanol–water partition coefficient (Wildman–Crippen LogP) is 5.09. The van der Waals surface area contributed by atoms with Gasteiger partial charge in [0, 0.05) is 9.90 Å². The zero-order valence-corrected chi connectivity index (χ0v) is 17.7. The van der Waals surface area contributed by atoms with Crippen molar-refractivity contribution in [3.05, 3.63) is 91.5 Å². The van der Waals surface area contributed by atoms with E-state index >= 15 is 0 Å². The molecule has 0 unspecified atom stereocenters. The first-order valence-electron chi connectivity index (χ1n) is 9.83. The zero-order chi connectivity index (χ0) is 20.5. The average Bonchev–Trinajstić information content (AvgIpc) is 3.34. The summed E-state index contributed by atoms with van der Waals surface area (Å²) in [7, 11) is 0. The Morgan fingerprint density at radius 2 is 1.93 bits per heavy atom. The minimum absolute atomic E-state index is 0.00699. The van der Waals surface area contributed by atoms with Crippen molar-refractivity contribution in [2.24, 2.45) is 5.10 Å². The summed E-state index contributed by atoms with van der Waals surface area (Å²) in [6.45, 7) is 0.437. The number of benzene rings is 2. The number of halogens is 1. The first-order chi connectivity index (χ1) is 14.7. The molecule has 0 amide bonds. The topological polar surface area (TPSA) is 59.3 Å². The molecule has 1 N–H and O–H groups in total. The number of rotatable bonds is 5. The molecule has 5 nitrogen and oxygen atoms in total. The summed E-state index contributed by atoms with van der Waals surface area (Å²) in [6, 6.07) is 17.3. The first kappa shape index (κ1) is 19.0. The molecule has 2 aromatic carbocycles. The van der Waals surface area contributed by atoms with E-state index in [-0.39, 0.29) is 5.56 Å². The van der Waals surface area contributed by atoms with E-state index in [1.807, 2.05) is 54.6 Å². The van der Waals surface area contributed by atoms with Gasteiger partial charge in [0.05, 0.1) is 18.1 Å². The molecule has 7 heteroatoms. The highest BCUT2D eigenvalue weighted by molar-refractivity contribution is 7.18. The standard InChI is InChI=1S/C23H19ClN4OS/c24-17-11-9-15(10-12-17)13-25-27-23-26-21-20(18-7-4-8-19(18)30-21)22(29)28(23)14-16-5-2-1-3-6-16/h1-3,5-6,9-13H,4,7-8,14H2,(H,26,27)/b25-13+. The molecule has 0 bridgehead atoms. The number of nitrogens with one attached hydrogen (secondary N) is 1. The molecule has 1 aliphatic rings. The van der Waals surface area contributed by atoms with Crippen LogP contribution in [-0.4, -0.2) is 15.8 Å². The van der Waals surface area contributed by atoms with Gasteiger partial charge < -0.3 is 0 Å². The molecule has 30 heavy (non-hydrogen) atoms. The van der Waals surface area contributed by atoms with Gasteiger partial charge in [-0.15, -0.1) is 11.3 Å². The first-order valence-corrected chi connectivity index (χ1v) is 11.0. The lowest BCUT2D eigenvalue weighted by Gasteiger charge is -2.12. The van der Waals surface area contributed by atoms with Crippen LogP contribution in [-0.2, 0) is 19.4 Å². The highest BCUT2D eigenvalue weighted by atomic mass is 35.5. The van der Waals surface area contributed by atoms with E-state index in [0.29, 0.717) is 17.5 Å². The van der Waals surface area contributed by atoms with Gasteiger partial charge in [0.1, 0.15) is 4.83 Å². The minimum Gasteiger partial charge on any atom is -0.272 e. The van der Waals surface area contributed by atoms with Gasteiger partial charge in [-0.2, -0.15) is 5.10 Å². The lowest BCUT2D eigenvalue weighted by molar-refractivity contribution is 0.755. The molecule has 2 heterocycles. The number of hydrogen-bond acceptors (Lipinski definition) is 5. The summed E-state index contributed by atoms with van der Waals surface area (Å²) in [4.78, 5) is 20.3. The van der Waals surface area contributed by atoms with Crippen LogP contribution in [0, 0.1) is 0 Å². The molecule has 0 radical (unpaired) electrons. The Kier molecular flexibility index (Phi) is 5.11. The molecule has 4 aromatic rings. The summed E-state index contributed by atoms with van der Waals surface area (Å²) in [6.07, 6.45) is 4.79. The molecule has 0 spiro atoms. The van der Waals surface area contributed by atoms with Crippen LogP contribution in [0.2, 0.25) is 5.02 Å². The SMILES string of the molecule is O=c1c2c3c(sc2nc(N/N=C/c2ccc(Cl)cc2)n1Cc1ccccc1)CCC3. The number of anilines is 1. The van der Waals surface area contributed by atoms with Gasteiger partial charge in [0.15, 0.2) is 0 Å². The molecule has 0 fully saturated rings. The van der Waals surface area contributed by atoms with Crippen molar-refractivity contribution in [3.63, 3.8) is 0 Å². The fourth-order valence-corrected chi connectivity index (χ4v) is 5.17. The summed E-state index contributed by atoms with van der Waals surface area (Å²) in [5.41, 5.74) is 6.11. The second-order valence-electron chi connectivity index (χ2n) is 7.27. The largest absolute Gasteiger partial charge is 0.272 e. The lowest BCUT2D eigenvalue weighted by atomic mass is 10.2. The van der Waals surface area contributed by atoms with Gasteiger partial charge in [0.25, 0.3) is 5.56 Å². The number of thiophene rings is 1. The maximum atomic E-state index is 13.5. The number of aryl methyl sites for hydroxylation is 2. The van der Waals surface area contributed by atoms with Crippen molar-refractivity contribution in [2.75, 3.05) is 5.43 Å². The van der Waals surface area contributed by atoms with Crippen LogP contribution in [0.1, 0.15) is 28.0 Å². The van der Waals surface area contributed by atoms with Gasteiger partial charge in [-0.05, 0) is 48.1 Å². The van der Waals surface area contributed by atoms with Gasteiger partial charge in [-0.3, -0.25) is 9.36 Å². The Morgan fingerprint density at radius 3 is 2.73 bits per heavy atom. The molecule has 5 rings (SSSR count). The summed E-state index contributed by atoms with van der Waals surface area (Å²) < 4.78 is 1.68. The maximum Gasteiger partial charge on any atom is 0.264 e. The Bertz CT molecular complexity index is 1290. The number of aromatic nitrogens is 2. The highest BCUT2D eigenvalue weighted by Crippen LogP contribution is 2.35. The number of hydrogen-bond donors (Lipinski definition) is 1. The normalized spacial score (nSPS) is 13.2. The Balaban J connectivity index is 1.56.